The molecule has 2 N–H and O–H groups in total. The van der Waals surface area contributed by atoms with Gasteiger partial charge in [0, 0.05) is 6.54 Å². The lowest BCUT2D eigenvalue weighted by Gasteiger charge is -2.02. The SMILES string of the molecule is CCCNc1nnc(C(C)NC)o1. The molecule has 1 heterocycles. The van der Waals surface area contributed by atoms with E-state index in [9.17, 15) is 0 Å². The number of hydrogen-bond acceptors (Lipinski definition) is 5. The van der Waals surface area contributed by atoms with E-state index in [0.29, 0.717) is 11.9 Å². The van der Waals surface area contributed by atoms with E-state index in [2.05, 4.69) is 27.8 Å². The third-order valence-electron chi connectivity index (χ3n) is 1.77. The first kappa shape index (κ1) is 9.98. The number of nitrogens with zero attached hydrogens (tertiary/aromatic N) is 2. The van der Waals surface area contributed by atoms with Gasteiger partial charge in [-0.3, -0.25) is 0 Å². The highest BCUT2D eigenvalue weighted by atomic mass is 16.4. The Hall–Kier alpha value is -1.10. The number of anilines is 1. The van der Waals surface area contributed by atoms with Crippen molar-refractivity contribution in [2.24, 2.45) is 0 Å². The summed E-state index contributed by atoms with van der Waals surface area (Å²) >= 11 is 0. The highest BCUT2D eigenvalue weighted by Crippen LogP contribution is 2.12. The molecule has 0 saturated heterocycles. The van der Waals surface area contributed by atoms with E-state index < -0.39 is 0 Å². The Morgan fingerprint density at radius 1 is 1.46 bits per heavy atom. The standard InChI is InChI=1S/C8H16N4O/c1-4-5-10-8-12-11-7(13-8)6(2)9-3/h6,9H,4-5H2,1-3H3,(H,10,12). The molecule has 1 rings (SSSR count). The number of rotatable bonds is 5. The molecule has 0 aromatic carbocycles. The second-order valence-electron chi connectivity index (χ2n) is 2.88. The van der Waals surface area contributed by atoms with Crippen LogP contribution in [0, 0.1) is 0 Å². The molecule has 5 nitrogen and oxygen atoms in total. The molecule has 1 aromatic rings. The lowest BCUT2D eigenvalue weighted by molar-refractivity contribution is 0.441. The fourth-order valence-corrected chi connectivity index (χ4v) is 0.836. The second-order valence-corrected chi connectivity index (χ2v) is 2.88. The molecule has 0 spiro atoms. The summed E-state index contributed by atoms with van der Waals surface area (Å²) in [4.78, 5) is 0. The lowest BCUT2D eigenvalue weighted by atomic mass is 10.3. The van der Waals surface area contributed by atoms with Gasteiger partial charge in [-0.05, 0) is 20.4 Å². The van der Waals surface area contributed by atoms with Crippen LogP contribution in [0.3, 0.4) is 0 Å². The van der Waals surface area contributed by atoms with Gasteiger partial charge in [-0.2, -0.15) is 0 Å². The molecule has 1 aromatic heterocycles. The van der Waals surface area contributed by atoms with Crippen molar-refractivity contribution in [3.63, 3.8) is 0 Å². The van der Waals surface area contributed by atoms with Gasteiger partial charge in [0.05, 0.1) is 6.04 Å². The Morgan fingerprint density at radius 3 is 2.85 bits per heavy atom. The van der Waals surface area contributed by atoms with Gasteiger partial charge in [-0.25, -0.2) is 0 Å². The molecule has 1 atom stereocenters. The summed E-state index contributed by atoms with van der Waals surface area (Å²) < 4.78 is 5.34. The Labute approximate surface area is 77.9 Å². The van der Waals surface area contributed by atoms with Crippen molar-refractivity contribution in [1.82, 2.24) is 15.5 Å². The number of nitrogens with one attached hydrogen (secondary N) is 2. The van der Waals surface area contributed by atoms with E-state index in [-0.39, 0.29) is 6.04 Å². The van der Waals surface area contributed by atoms with E-state index >= 15 is 0 Å². The van der Waals surface area contributed by atoms with Crippen LogP contribution in [0.2, 0.25) is 0 Å². The minimum absolute atomic E-state index is 0.102. The molecule has 13 heavy (non-hydrogen) atoms. The van der Waals surface area contributed by atoms with Gasteiger partial charge >= 0.3 is 6.01 Å². The van der Waals surface area contributed by atoms with Crippen molar-refractivity contribution in [2.75, 3.05) is 18.9 Å². The predicted molar refractivity (Wildman–Crippen MR) is 50.6 cm³/mol. The maximum atomic E-state index is 5.34. The van der Waals surface area contributed by atoms with E-state index in [0.717, 1.165) is 13.0 Å². The van der Waals surface area contributed by atoms with Crippen LogP contribution < -0.4 is 10.6 Å². The van der Waals surface area contributed by atoms with Gasteiger partial charge in [0.1, 0.15) is 0 Å². The van der Waals surface area contributed by atoms with Gasteiger partial charge in [0.15, 0.2) is 0 Å². The van der Waals surface area contributed by atoms with E-state index in [1.54, 1.807) is 0 Å². The van der Waals surface area contributed by atoms with Crippen LogP contribution in [-0.2, 0) is 0 Å². The fraction of sp³-hybridized carbons (Fsp3) is 0.750. The zero-order valence-corrected chi connectivity index (χ0v) is 8.29. The summed E-state index contributed by atoms with van der Waals surface area (Å²) in [5.74, 6) is 0.612. The molecule has 0 fully saturated rings. The first-order chi connectivity index (χ1) is 6.27. The summed E-state index contributed by atoms with van der Waals surface area (Å²) in [6.07, 6.45) is 1.04. The first-order valence-corrected chi connectivity index (χ1v) is 4.52. The summed E-state index contributed by atoms with van der Waals surface area (Å²) in [7, 11) is 1.86. The molecule has 0 aliphatic heterocycles. The Morgan fingerprint density at radius 2 is 2.23 bits per heavy atom. The second kappa shape index (κ2) is 4.81. The van der Waals surface area contributed by atoms with Crippen LogP contribution in [0.4, 0.5) is 6.01 Å². The normalized spacial score (nSPS) is 12.8. The highest BCUT2D eigenvalue weighted by molar-refractivity contribution is 5.16. The van der Waals surface area contributed by atoms with Crippen LogP contribution in [0.5, 0.6) is 0 Å². The quantitative estimate of drug-likeness (QED) is 0.719. The van der Waals surface area contributed by atoms with Crippen LogP contribution in [0.15, 0.2) is 4.42 Å². The van der Waals surface area contributed by atoms with Gasteiger partial charge in [-0.1, -0.05) is 12.0 Å². The van der Waals surface area contributed by atoms with E-state index in [1.807, 2.05) is 14.0 Å². The Kier molecular flexibility index (Phi) is 3.70. The summed E-state index contributed by atoms with van der Waals surface area (Å²) in [5.41, 5.74) is 0. The molecule has 0 saturated carbocycles. The zero-order chi connectivity index (χ0) is 9.68. The molecular formula is C8H16N4O. The largest absolute Gasteiger partial charge is 0.406 e. The van der Waals surface area contributed by atoms with Crippen LogP contribution >= 0.6 is 0 Å². The van der Waals surface area contributed by atoms with E-state index in [4.69, 9.17) is 4.42 Å². The zero-order valence-electron chi connectivity index (χ0n) is 8.29. The van der Waals surface area contributed by atoms with Crippen LogP contribution in [0.25, 0.3) is 0 Å². The molecule has 0 radical (unpaired) electrons. The Balaban J connectivity index is 2.53. The average molecular weight is 184 g/mol. The van der Waals surface area contributed by atoms with Crippen LogP contribution in [0.1, 0.15) is 32.2 Å². The molecule has 5 heteroatoms. The predicted octanol–water partition coefficient (Wildman–Crippen LogP) is 1.17. The number of aromatic nitrogens is 2. The minimum Gasteiger partial charge on any atom is -0.406 e. The van der Waals surface area contributed by atoms with Crippen molar-refractivity contribution in [3.05, 3.63) is 5.89 Å². The molecule has 74 valence electrons. The van der Waals surface area contributed by atoms with Crippen molar-refractivity contribution < 1.29 is 4.42 Å². The third-order valence-corrected chi connectivity index (χ3v) is 1.77. The molecule has 0 amide bonds. The molecule has 0 aliphatic carbocycles. The third kappa shape index (κ3) is 2.69. The van der Waals surface area contributed by atoms with Crippen molar-refractivity contribution in [2.45, 2.75) is 26.3 Å². The van der Waals surface area contributed by atoms with Gasteiger partial charge in [-0.15, -0.1) is 5.10 Å². The minimum atomic E-state index is 0.102. The first-order valence-electron chi connectivity index (χ1n) is 4.52. The Bertz CT molecular complexity index is 248. The maximum absolute atomic E-state index is 5.34. The van der Waals surface area contributed by atoms with Gasteiger partial charge < -0.3 is 15.1 Å². The topological polar surface area (TPSA) is 63.0 Å². The van der Waals surface area contributed by atoms with Gasteiger partial charge in [0.2, 0.25) is 5.89 Å². The van der Waals surface area contributed by atoms with Crippen molar-refractivity contribution >= 4 is 6.01 Å². The summed E-state index contributed by atoms with van der Waals surface area (Å²) in [6, 6.07) is 0.601. The van der Waals surface area contributed by atoms with Gasteiger partial charge in [0.25, 0.3) is 0 Å². The fourth-order valence-electron chi connectivity index (χ4n) is 0.836. The molecule has 0 bridgehead atoms. The highest BCUT2D eigenvalue weighted by Gasteiger charge is 2.10. The average Bonchev–Trinajstić information content (AvgIpc) is 2.62. The number of hydrogen-bond donors (Lipinski definition) is 2. The van der Waals surface area contributed by atoms with Crippen molar-refractivity contribution in [3.8, 4) is 0 Å². The van der Waals surface area contributed by atoms with Crippen LogP contribution in [-0.4, -0.2) is 23.8 Å². The summed E-state index contributed by atoms with van der Waals surface area (Å²) in [6.45, 7) is 4.91. The van der Waals surface area contributed by atoms with Crippen molar-refractivity contribution in [1.29, 1.82) is 0 Å². The maximum Gasteiger partial charge on any atom is 0.315 e. The molecule has 1 unspecified atom stereocenters. The lowest BCUT2D eigenvalue weighted by Crippen LogP contribution is -2.12. The monoisotopic (exact) mass is 184 g/mol. The molecule has 0 aliphatic rings. The smallest absolute Gasteiger partial charge is 0.315 e. The van der Waals surface area contributed by atoms with E-state index in [1.165, 1.54) is 0 Å². The summed E-state index contributed by atoms with van der Waals surface area (Å²) in [5, 5.41) is 13.8. The molecular weight excluding hydrogens is 168 g/mol.